The topological polar surface area (TPSA) is 85.3 Å². The molecule has 1 N–H and O–H groups in total. The lowest BCUT2D eigenvalue weighted by Crippen LogP contribution is -2.73. The average molecular weight is 508 g/mol. The van der Waals surface area contributed by atoms with E-state index in [1.807, 2.05) is 6.07 Å². The number of carbonyl (C=O) groups excluding carboxylic acids is 2. The molecule has 7 heteroatoms. The van der Waals surface area contributed by atoms with Gasteiger partial charge in [0.05, 0.1) is 35.5 Å². The number of methoxy groups -OCH3 is 2. The lowest BCUT2D eigenvalue weighted by molar-refractivity contribution is -0.164. The molecule has 37 heavy (non-hydrogen) atoms. The Morgan fingerprint density at radius 2 is 1.81 bits per heavy atom. The van der Waals surface area contributed by atoms with Crippen LogP contribution in [-0.4, -0.2) is 71.6 Å². The molecule has 7 nitrogen and oxygen atoms in total. The first-order chi connectivity index (χ1) is 17.9. The van der Waals surface area contributed by atoms with Crippen LogP contribution < -0.4 is 0 Å². The third-order valence-corrected chi connectivity index (χ3v) is 11.1. The fourth-order valence-electron chi connectivity index (χ4n) is 10.2. The van der Waals surface area contributed by atoms with E-state index in [9.17, 15) is 14.7 Å². The summed E-state index contributed by atoms with van der Waals surface area (Å²) in [6.07, 6.45) is 5.60. The Morgan fingerprint density at radius 1 is 1.03 bits per heavy atom. The normalized spacial score (nSPS) is 46.9. The smallest absolute Gasteiger partial charge is 0.338 e. The summed E-state index contributed by atoms with van der Waals surface area (Å²) in [7, 11) is 3.11. The summed E-state index contributed by atoms with van der Waals surface area (Å²) in [6, 6.07) is 9.64. The molecule has 3 aliphatic heterocycles. The molecular formula is C30H37NO6. The van der Waals surface area contributed by atoms with E-state index < -0.39 is 29.2 Å². The van der Waals surface area contributed by atoms with E-state index in [1.165, 1.54) is 7.11 Å². The van der Waals surface area contributed by atoms with Crippen molar-refractivity contribution < 1.29 is 28.9 Å². The maximum Gasteiger partial charge on any atom is 0.338 e. The second-order valence-corrected chi connectivity index (χ2v) is 12.3. The number of aliphatic hydroxyl groups is 1. The highest BCUT2D eigenvalue weighted by atomic mass is 16.6. The van der Waals surface area contributed by atoms with Gasteiger partial charge in [-0.2, -0.15) is 0 Å². The molecule has 198 valence electrons. The van der Waals surface area contributed by atoms with E-state index in [2.05, 4.69) is 11.8 Å². The van der Waals surface area contributed by atoms with Crippen LogP contribution in [0, 0.1) is 23.7 Å². The van der Waals surface area contributed by atoms with Crippen molar-refractivity contribution in [2.75, 3.05) is 14.2 Å². The summed E-state index contributed by atoms with van der Waals surface area (Å²) in [5, 5.41) is 12.5. The van der Waals surface area contributed by atoms with Crippen LogP contribution in [0.3, 0.4) is 0 Å². The highest BCUT2D eigenvalue weighted by Gasteiger charge is 2.81. The molecule has 1 unspecified atom stereocenters. The fraction of sp³-hybridized carbons (Fsp3) is 0.667. The molecule has 3 heterocycles. The molecule has 0 aromatic heterocycles. The predicted octanol–water partition coefficient (Wildman–Crippen LogP) is 3.50. The maximum absolute atomic E-state index is 13.8. The second-order valence-electron chi connectivity index (χ2n) is 12.3. The zero-order valence-electron chi connectivity index (χ0n) is 21.9. The number of fused-ring (bicyclic) bond motifs is 2. The summed E-state index contributed by atoms with van der Waals surface area (Å²) < 4.78 is 17.8. The van der Waals surface area contributed by atoms with Gasteiger partial charge >= 0.3 is 11.9 Å². The average Bonchev–Trinajstić information content (AvgIpc) is 3.32. The van der Waals surface area contributed by atoms with Crippen LogP contribution in [0.2, 0.25) is 0 Å². The minimum absolute atomic E-state index is 0.0917. The van der Waals surface area contributed by atoms with Crippen LogP contribution in [0.1, 0.15) is 62.2 Å². The maximum atomic E-state index is 13.8. The van der Waals surface area contributed by atoms with Gasteiger partial charge in [-0.3, -0.25) is 4.90 Å². The Morgan fingerprint density at radius 3 is 2.54 bits per heavy atom. The number of hydrogen-bond acceptors (Lipinski definition) is 7. The third-order valence-electron chi connectivity index (χ3n) is 11.1. The number of carbonyl (C=O) groups is 2. The molecule has 6 aliphatic rings. The highest BCUT2D eigenvalue weighted by Crippen LogP contribution is 2.75. The Kier molecular flexibility index (Phi) is 5.25. The number of benzene rings is 1. The van der Waals surface area contributed by atoms with Gasteiger partial charge in [-0.15, -0.1) is 0 Å². The number of esters is 2. The lowest BCUT2D eigenvalue weighted by Gasteiger charge is -2.65. The van der Waals surface area contributed by atoms with Crippen molar-refractivity contribution in [1.29, 1.82) is 0 Å². The van der Waals surface area contributed by atoms with Gasteiger partial charge in [0.1, 0.15) is 6.10 Å². The summed E-state index contributed by atoms with van der Waals surface area (Å²) in [6.45, 7) is 2.31. The Bertz CT molecular complexity index is 1170. The number of nitrogens with zero attached hydrogens (tertiary/aromatic N) is 1. The van der Waals surface area contributed by atoms with E-state index in [4.69, 9.17) is 14.2 Å². The first-order valence-corrected chi connectivity index (χ1v) is 14.0. The van der Waals surface area contributed by atoms with Gasteiger partial charge in [0.2, 0.25) is 0 Å². The highest BCUT2D eigenvalue weighted by molar-refractivity contribution is 5.95. The van der Waals surface area contributed by atoms with E-state index >= 15 is 0 Å². The molecule has 5 fully saturated rings. The molecule has 11 atom stereocenters. The molecular weight excluding hydrogens is 470 g/mol. The minimum atomic E-state index is -1.06. The van der Waals surface area contributed by atoms with E-state index in [0.29, 0.717) is 29.6 Å². The zero-order valence-corrected chi connectivity index (χ0v) is 21.9. The van der Waals surface area contributed by atoms with Gasteiger partial charge < -0.3 is 19.3 Å². The molecule has 3 aliphatic carbocycles. The Hall–Kier alpha value is -2.22. The first kappa shape index (κ1) is 23.9. The van der Waals surface area contributed by atoms with E-state index in [0.717, 1.165) is 44.1 Å². The molecule has 1 aromatic rings. The van der Waals surface area contributed by atoms with Gasteiger partial charge in [-0.1, -0.05) is 24.6 Å². The van der Waals surface area contributed by atoms with Crippen LogP contribution >= 0.6 is 0 Å². The number of rotatable bonds is 4. The standard InChI is InChI=1S/C30H37NO6/c1-16-12-13-19-21-14-18-15-29(19,34)26-24(28(33)36-3)25(37-27(32)17-8-5-4-6-9-17)23-20(30(18,26)31(16)21)10-7-11-22(23)35-2/h4-6,8-9,16,18-23,25,34H,7,10-15H2,1-3H3/t16-,18-,19+,20+,21+,22-,23-,25-,29+,30+/m0/s1. The quantitative estimate of drug-likeness (QED) is 0.625. The molecule has 2 saturated carbocycles. The monoisotopic (exact) mass is 507 g/mol. The van der Waals surface area contributed by atoms with Crippen molar-refractivity contribution in [1.82, 2.24) is 4.90 Å². The van der Waals surface area contributed by atoms with E-state index in [-0.39, 0.29) is 29.8 Å². The van der Waals surface area contributed by atoms with Crippen LogP contribution in [0.5, 0.6) is 0 Å². The molecule has 7 rings (SSSR count). The SMILES string of the molecule is COC(=O)C1=C2[C@@]3([C@H]4C[C@@H]5[C@@H](CC[C@H](C)N53)[C@]2(O)C4)[C@@H]2CCC[C@H](OC)[C@H]2[C@@H]1OC(=O)c1ccccc1. The largest absolute Gasteiger partial charge is 0.466 e. The van der Waals surface area contributed by atoms with Crippen LogP contribution in [-0.2, 0) is 19.0 Å². The van der Waals surface area contributed by atoms with Crippen molar-refractivity contribution in [2.45, 2.75) is 87.3 Å². The summed E-state index contributed by atoms with van der Waals surface area (Å²) in [5.41, 5.74) is 0.185. The van der Waals surface area contributed by atoms with Gasteiger partial charge in [-0.05, 0) is 75.0 Å². The number of hydrogen-bond donors (Lipinski definition) is 1. The molecule has 0 radical (unpaired) electrons. The minimum Gasteiger partial charge on any atom is -0.466 e. The van der Waals surface area contributed by atoms with Gasteiger partial charge in [0.25, 0.3) is 0 Å². The predicted molar refractivity (Wildman–Crippen MR) is 135 cm³/mol. The Labute approximate surface area is 218 Å². The van der Waals surface area contributed by atoms with Gasteiger partial charge in [0.15, 0.2) is 0 Å². The zero-order chi connectivity index (χ0) is 25.7. The first-order valence-electron chi connectivity index (χ1n) is 14.0. The number of piperidine rings is 2. The fourth-order valence-corrected chi connectivity index (χ4v) is 10.2. The lowest BCUT2D eigenvalue weighted by atomic mass is 9.53. The number of ether oxygens (including phenoxy) is 3. The molecule has 1 spiro atoms. The van der Waals surface area contributed by atoms with Crippen molar-refractivity contribution >= 4 is 11.9 Å². The van der Waals surface area contributed by atoms with Gasteiger partial charge in [0, 0.05) is 31.0 Å². The molecule has 5 bridgehead atoms. The Balaban J connectivity index is 1.48. The summed E-state index contributed by atoms with van der Waals surface area (Å²) >= 11 is 0. The van der Waals surface area contributed by atoms with Crippen LogP contribution in [0.25, 0.3) is 0 Å². The summed E-state index contributed by atoms with van der Waals surface area (Å²) in [5.74, 6) is -0.629. The van der Waals surface area contributed by atoms with Crippen LogP contribution in [0.4, 0.5) is 0 Å². The van der Waals surface area contributed by atoms with Crippen molar-refractivity contribution in [3.63, 3.8) is 0 Å². The second kappa shape index (κ2) is 8.14. The van der Waals surface area contributed by atoms with Crippen molar-refractivity contribution in [3.05, 3.63) is 47.0 Å². The molecule has 0 amide bonds. The van der Waals surface area contributed by atoms with Crippen molar-refractivity contribution in [3.8, 4) is 0 Å². The van der Waals surface area contributed by atoms with Crippen molar-refractivity contribution in [2.24, 2.45) is 23.7 Å². The van der Waals surface area contributed by atoms with E-state index in [1.54, 1.807) is 31.4 Å². The molecule has 1 aromatic carbocycles. The molecule has 3 saturated heterocycles. The van der Waals surface area contributed by atoms with Crippen LogP contribution in [0.15, 0.2) is 41.5 Å². The third kappa shape index (κ3) is 2.83. The summed E-state index contributed by atoms with van der Waals surface area (Å²) in [4.78, 5) is 29.9. The van der Waals surface area contributed by atoms with Gasteiger partial charge in [-0.25, -0.2) is 9.59 Å².